The second-order valence-corrected chi connectivity index (χ2v) is 3.49. The Morgan fingerprint density at radius 1 is 1.29 bits per heavy atom. The highest BCUT2D eigenvalue weighted by Gasteiger charge is 2.10. The van der Waals surface area contributed by atoms with Gasteiger partial charge in [0, 0.05) is 17.3 Å². The summed E-state index contributed by atoms with van der Waals surface area (Å²) in [5, 5.41) is 0. The highest BCUT2D eigenvalue weighted by atomic mass is 16.1. The van der Waals surface area contributed by atoms with E-state index in [-0.39, 0.29) is 0 Å². The standard InChI is InChI=1S/C14H10N2O/c1-2-10-5-3-6-11(9-10)13-12(14(15)17)7-4-8-16-13/h1,3-9H,(H2,15,17). The van der Waals surface area contributed by atoms with Gasteiger partial charge in [0.2, 0.25) is 0 Å². The first-order valence-corrected chi connectivity index (χ1v) is 5.04. The first-order chi connectivity index (χ1) is 8.22. The van der Waals surface area contributed by atoms with Crippen molar-refractivity contribution in [2.75, 3.05) is 0 Å². The third kappa shape index (κ3) is 2.16. The van der Waals surface area contributed by atoms with Crippen LogP contribution in [0.4, 0.5) is 0 Å². The number of rotatable bonds is 2. The van der Waals surface area contributed by atoms with E-state index in [0.717, 1.165) is 11.1 Å². The predicted molar refractivity (Wildman–Crippen MR) is 66.1 cm³/mol. The van der Waals surface area contributed by atoms with Gasteiger partial charge in [-0.2, -0.15) is 0 Å². The van der Waals surface area contributed by atoms with Gasteiger partial charge in [-0.1, -0.05) is 18.1 Å². The lowest BCUT2D eigenvalue weighted by molar-refractivity contribution is 0.100. The normalized spacial score (nSPS) is 9.59. The molecule has 0 aliphatic heterocycles. The van der Waals surface area contributed by atoms with Gasteiger partial charge in [0.05, 0.1) is 11.3 Å². The summed E-state index contributed by atoms with van der Waals surface area (Å²) in [5.41, 5.74) is 7.77. The van der Waals surface area contributed by atoms with Crippen molar-refractivity contribution in [1.82, 2.24) is 4.98 Å². The predicted octanol–water partition coefficient (Wildman–Crippen LogP) is 1.83. The largest absolute Gasteiger partial charge is 0.366 e. The molecule has 0 spiro atoms. The van der Waals surface area contributed by atoms with Crippen LogP contribution in [0, 0.1) is 12.3 Å². The van der Waals surface area contributed by atoms with E-state index in [1.807, 2.05) is 18.2 Å². The Morgan fingerprint density at radius 2 is 2.12 bits per heavy atom. The maximum Gasteiger partial charge on any atom is 0.250 e. The van der Waals surface area contributed by atoms with Crippen molar-refractivity contribution >= 4 is 5.91 Å². The van der Waals surface area contributed by atoms with Gasteiger partial charge in [-0.15, -0.1) is 6.42 Å². The van der Waals surface area contributed by atoms with E-state index >= 15 is 0 Å². The minimum absolute atomic E-state index is 0.390. The fraction of sp³-hybridized carbons (Fsp3) is 0. The van der Waals surface area contributed by atoms with Gasteiger partial charge < -0.3 is 5.73 Å². The number of hydrogen-bond acceptors (Lipinski definition) is 2. The van der Waals surface area contributed by atoms with E-state index in [1.165, 1.54) is 0 Å². The molecule has 0 fully saturated rings. The van der Waals surface area contributed by atoms with Crippen molar-refractivity contribution in [2.45, 2.75) is 0 Å². The Labute approximate surface area is 99.3 Å². The van der Waals surface area contributed by atoms with Crippen LogP contribution in [0.2, 0.25) is 0 Å². The maximum atomic E-state index is 11.3. The van der Waals surface area contributed by atoms with Crippen LogP contribution >= 0.6 is 0 Å². The molecular formula is C14H10N2O. The number of benzene rings is 1. The molecule has 2 aromatic rings. The fourth-order valence-corrected chi connectivity index (χ4v) is 1.59. The van der Waals surface area contributed by atoms with Gasteiger partial charge in [0.1, 0.15) is 0 Å². The zero-order chi connectivity index (χ0) is 12.3. The molecule has 0 bridgehead atoms. The molecule has 2 N–H and O–H groups in total. The Hall–Kier alpha value is -2.60. The first kappa shape index (κ1) is 10.9. The summed E-state index contributed by atoms with van der Waals surface area (Å²) in [7, 11) is 0. The van der Waals surface area contributed by atoms with Crippen LogP contribution in [0.15, 0.2) is 42.6 Å². The summed E-state index contributed by atoms with van der Waals surface area (Å²) in [6.07, 6.45) is 6.95. The molecule has 2 rings (SSSR count). The fourth-order valence-electron chi connectivity index (χ4n) is 1.59. The Morgan fingerprint density at radius 3 is 2.82 bits per heavy atom. The van der Waals surface area contributed by atoms with Crippen LogP contribution in [-0.4, -0.2) is 10.9 Å². The van der Waals surface area contributed by atoms with E-state index < -0.39 is 5.91 Å². The SMILES string of the molecule is C#Cc1cccc(-c2ncccc2C(N)=O)c1. The average Bonchev–Trinajstić information content (AvgIpc) is 2.39. The third-order valence-electron chi connectivity index (χ3n) is 2.38. The maximum absolute atomic E-state index is 11.3. The van der Waals surface area contributed by atoms with E-state index in [2.05, 4.69) is 10.9 Å². The van der Waals surface area contributed by atoms with Gasteiger partial charge in [0.25, 0.3) is 5.91 Å². The molecule has 1 aromatic heterocycles. The van der Waals surface area contributed by atoms with Gasteiger partial charge >= 0.3 is 0 Å². The lowest BCUT2D eigenvalue weighted by atomic mass is 10.0. The number of nitrogens with two attached hydrogens (primary N) is 1. The Balaban J connectivity index is 2.61. The molecule has 0 unspecified atom stereocenters. The second-order valence-electron chi connectivity index (χ2n) is 3.49. The summed E-state index contributed by atoms with van der Waals surface area (Å²) >= 11 is 0. The minimum atomic E-state index is -0.501. The second kappa shape index (κ2) is 4.50. The summed E-state index contributed by atoms with van der Waals surface area (Å²) in [4.78, 5) is 15.5. The summed E-state index contributed by atoms with van der Waals surface area (Å²) in [6, 6.07) is 10.6. The molecule has 1 amide bonds. The number of nitrogens with zero attached hydrogens (tertiary/aromatic N) is 1. The van der Waals surface area contributed by atoms with Gasteiger partial charge in [0.15, 0.2) is 0 Å². The molecular weight excluding hydrogens is 212 g/mol. The summed E-state index contributed by atoms with van der Waals surface area (Å²) < 4.78 is 0. The summed E-state index contributed by atoms with van der Waals surface area (Å²) in [5.74, 6) is 2.04. The molecule has 3 nitrogen and oxygen atoms in total. The van der Waals surface area contributed by atoms with Crippen LogP contribution in [0.5, 0.6) is 0 Å². The molecule has 17 heavy (non-hydrogen) atoms. The molecule has 0 saturated carbocycles. The van der Waals surface area contributed by atoms with Crippen LogP contribution in [0.3, 0.4) is 0 Å². The van der Waals surface area contributed by atoms with Crippen LogP contribution < -0.4 is 5.73 Å². The highest BCUT2D eigenvalue weighted by molar-refractivity contribution is 5.98. The van der Waals surface area contributed by atoms with Crippen molar-refractivity contribution in [3.05, 3.63) is 53.7 Å². The van der Waals surface area contributed by atoms with Crippen LogP contribution in [0.25, 0.3) is 11.3 Å². The lowest BCUT2D eigenvalue weighted by Gasteiger charge is -2.05. The average molecular weight is 222 g/mol. The van der Waals surface area contributed by atoms with Crippen molar-refractivity contribution < 1.29 is 4.79 Å². The third-order valence-corrected chi connectivity index (χ3v) is 2.38. The number of pyridine rings is 1. The zero-order valence-electron chi connectivity index (χ0n) is 9.05. The van der Waals surface area contributed by atoms with Gasteiger partial charge in [-0.05, 0) is 24.3 Å². The number of carbonyl (C=O) groups is 1. The van der Waals surface area contributed by atoms with Crippen molar-refractivity contribution in [1.29, 1.82) is 0 Å². The molecule has 0 aliphatic carbocycles. The highest BCUT2D eigenvalue weighted by Crippen LogP contribution is 2.21. The number of primary amides is 1. The topological polar surface area (TPSA) is 56.0 Å². The molecule has 1 aromatic carbocycles. The quantitative estimate of drug-likeness (QED) is 0.788. The Kier molecular flexibility index (Phi) is 2.89. The molecule has 0 radical (unpaired) electrons. The minimum Gasteiger partial charge on any atom is -0.366 e. The van der Waals surface area contributed by atoms with E-state index in [9.17, 15) is 4.79 Å². The van der Waals surface area contributed by atoms with E-state index in [4.69, 9.17) is 12.2 Å². The van der Waals surface area contributed by atoms with Crippen LogP contribution in [0.1, 0.15) is 15.9 Å². The number of terminal acetylenes is 1. The molecule has 3 heteroatoms. The molecule has 1 heterocycles. The van der Waals surface area contributed by atoms with Crippen molar-refractivity contribution in [3.63, 3.8) is 0 Å². The smallest absolute Gasteiger partial charge is 0.250 e. The van der Waals surface area contributed by atoms with Crippen molar-refractivity contribution in [3.8, 4) is 23.6 Å². The molecule has 0 aliphatic rings. The number of hydrogen-bond donors (Lipinski definition) is 1. The zero-order valence-corrected chi connectivity index (χ0v) is 9.05. The van der Waals surface area contributed by atoms with E-state index in [0.29, 0.717) is 11.3 Å². The lowest BCUT2D eigenvalue weighted by Crippen LogP contribution is -2.13. The molecule has 0 atom stereocenters. The van der Waals surface area contributed by atoms with E-state index in [1.54, 1.807) is 24.4 Å². The first-order valence-electron chi connectivity index (χ1n) is 5.04. The monoisotopic (exact) mass is 222 g/mol. The van der Waals surface area contributed by atoms with Crippen LogP contribution in [-0.2, 0) is 0 Å². The summed E-state index contributed by atoms with van der Waals surface area (Å²) in [6.45, 7) is 0. The number of amides is 1. The van der Waals surface area contributed by atoms with Gasteiger partial charge in [-0.3, -0.25) is 9.78 Å². The Bertz CT molecular complexity index is 612. The molecule has 0 saturated heterocycles. The van der Waals surface area contributed by atoms with Gasteiger partial charge in [-0.25, -0.2) is 0 Å². The van der Waals surface area contributed by atoms with Crippen molar-refractivity contribution in [2.24, 2.45) is 5.73 Å². The number of aromatic nitrogens is 1. The molecule has 82 valence electrons. The number of carbonyl (C=O) groups excluding carboxylic acids is 1.